The third-order valence-corrected chi connectivity index (χ3v) is 8.70. The zero-order valence-electron chi connectivity index (χ0n) is 19.4. The van der Waals surface area contributed by atoms with Crippen LogP contribution in [0.1, 0.15) is 44.5 Å². The van der Waals surface area contributed by atoms with Crippen molar-refractivity contribution in [3.8, 4) is 22.3 Å². The molecular weight excluding hydrogens is 422 g/mol. The molecule has 1 heteroatoms. The molecule has 5 aromatic rings. The first-order chi connectivity index (χ1) is 17.3. The molecule has 0 spiro atoms. The third kappa shape index (κ3) is 2.24. The van der Waals surface area contributed by atoms with E-state index < -0.39 is 0 Å². The summed E-state index contributed by atoms with van der Waals surface area (Å²) in [6.07, 6.45) is 4.09. The highest BCUT2D eigenvalue weighted by Crippen LogP contribution is 2.57. The van der Waals surface area contributed by atoms with Crippen molar-refractivity contribution in [3.05, 3.63) is 136 Å². The number of anilines is 3. The van der Waals surface area contributed by atoms with Gasteiger partial charge in [0.2, 0.25) is 0 Å². The van der Waals surface area contributed by atoms with Gasteiger partial charge in [0, 0.05) is 18.4 Å². The molecule has 1 nitrogen and oxygen atoms in total. The van der Waals surface area contributed by atoms with Gasteiger partial charge >= 0.3 is 0 Å². The Bertz CT molecular complexity index is 1760. The summed E-state index contributed by atoms with van der Waals surface area (Å²) in [5.41, 5.74) is 21.7. The quantitative estimate of drug-likeness (QED) is 0.228. The average molecular weight is 446 g/mol. The van der Waals surface area contributed by atoms with E-state index in [0.29, 0.717) is 0 Å². The molecule has 0 atom stereocenters. The van der Waals surface area contributed by atoms with E-state index in [2.05, 4.69) is 95.9 Å². The predicted octanol–water partition coefficient (Wildman–Crippen LogP) is 8.11. The summed E-state index contributed by atoms with van der Waals surface area (Å²) >= 11 is 0. The van der Waals surface area contributed by atoms with Crippen LogP contribution in [0.4, 0.5) is 17.1 Å². The zero-order valence-corrected chi connectivity index (χ0v) is 19.4. The average Bonchev–Trinajstić information content (AvgIpc) is 3.47. The predicted molar refractivity (Wildman–Crippen MR) is 143 cm³/mol. The van der Waals surface area contributed by atoms with Crippen LogP contribution in [0.25, 0.3) is 22.3 Å². The van der Waals surface area contributed by atoms with Gasteiger partial charge in [-0.15, -0.1) is 0 Å². The van der Waals surface area contributed by atoms with Gasteiger partial charge < -0.3 is 4.90 Å². The maximum absolute atomic E-state index is 2.64. The molecule has 0 saturated heterocycles. The van der Waals surface area contributed by atoms with Crippen molar-refractivity contribution in [2.45, 2.75) is 25.7 Å². The first-order valence-electron chi connectivity index (χ1n) is 12.7. The number of hydrogen-bond donors (Lipinski definition) is 0. The molecule has 0 aromatic heterocycles. The standard InChI is InChI=1S/C34H23N/c1-3-10-27-20(6-1)16-22-14-15-30-29(31(22)27)19-25-9-5-8-24-18-26-13-12-23-17-21-7-2-4-11-28(21)32(23)34(26)35(30)33(24)25/h1-15H,16-19H2. The fourth-order valence-electron chi connectivity index (χ4n) is 7.29. The molecule has 9 rings (SSSR count). The summed E-state index contributed by atoms with van der Waals surface area (Å²) in [6.45, 7) is 0. The van der Waals surface area contributed by atoms with Crippen LogP contribution in [-0.4, -0.2) is 0 Å². The molecule has 164 valence electrons. The Kier molecular flexibility index (Phi) is 3.29. The summed E-state index contributed by atoms with van der Waals surface area (Å²) in [5, 5.41) is 0. The first-order valence-corrected chi connectivity index (χ1v) is 12.7. The molecule has 2 aliphatic carbocycles. The fraction of sp³-hybridized carbons (Fsp3) is 0.118. The molecular formula is C34H23N. The zero-order chi connectivity index (χ0) is 22.7. The molecule has 5 aromatic carbocycles. The molecule has 0 fully saturated rings. The van der Waals surface area contributed by atoms with Crippen LogP contribution in [0.2, 0.25) is 0 Å². The second-order valence-corrected chi connectivity index (χ2v) is 10.5. The molecule has 0 saturated carbocycles. The molecule has 0 N–H and O–H groups in total. The smallest absolute Gasteiger partial charge is 0.0578 e. The van der Waals surface area contributed by atoms with Gasteiger partial charge in [0.1, 0.15) is 0 Å². The van der Waals surface area contributed by atoms with E-state index in [0.717, 1.165) is 25.7 Å². The maximum atomic E-state index is 2.64. The molecule has 2 aliphatic heterocycles. The summed E-state index contributed by atoms with van der Waals surface area (Å²) in [4.78, 5) is 2.64. The van der Waals surface area contributed by atoms with E-state index in [1.165, 1.54) is 83.8 Å². The van der Waals surface area contributed by atoms with Crippen molar-refractivity contribution in [3.63, 3.8) is 0 Å². The Hall–Kier alpha value is -4.10. The van der Waals surface area contributed by atoms with Gasteiger partial charge in [-0.05, 0) is 80.1 Å². The van der Waals surface area contributed by atoms with Crippen molar-refractivity contribution < 1.29 is 0 Å². The summed E-state index contributed by atoms with van der Waals surface area (Å²) < 4.78 is 0. The normalized spacial score (nSPS) is 14.9. The number of rotatable bonds is 0. The minimum absolute atomic E-state index is 1.01. The molecule has 0 unspecified atom stereocenters. The van der Waals surface area contributed by atoms with Crippen molar-refractivity contribution in [2.24, 2.45) is 0 Å². The van der Waals surface area contributed by atoms with Gasteiger partial charge in [-0.1, -0.05) is 84.9 Å². The largest absolute Gasteiger partial charge is 0.309 e. The molecule has 4 aliphatic rings. The van der Waals surface area contributed by atoms with Gasteiger partial charge in [-0.3, -0.25) is 0 Å². The second kappa shape index (κ2) is 6.31. The van der Waals surface area contributed by atoms with Crippen LogP contribution in [0.3, 0.4) is 0 Å². The molecule has 2 heterocycles. The highest BCUT2D eigenvalue weighted by Gasteiger charge is 2.37. The van der Waals surface area contributed by atoms with Gasteiger partial charge in [-0.25, -0.2) is 0 Å². The second-order valence-electron chi connectivity index (χ2n) is 10.5. The van der Waals surface area contributed by atoms with Gasteiger partial charge in [0.05, 0.1) is 17.1 Å². The van der Waals surface area contributed by atoms with E-state index >= 15 is 0 Å². The third-order valence-electron chi connectivity index (χ3n) is 8.70. The van der Waals surface area contributed by atoms with E-state index in [1.54, 1.807) is 0 Å². The number of hydrogen-bond acceptors (Lipinski definition) is 1. The SMILES string of the molecule is c1ccc2c(c1)Cc1ccc3c(c1-2)Cc1cccc2c1N3c1c(ccc3c1-c1ccccc1C3)C2. The molecule has 0 bridgehead atoms. The lowest BCUT2D eigenvalue weighted by Crippen LogP contribution is -2.25. The van der Waals surface area contributed by atoms with Crippen molar-refractivity contribution >= 4 is 17.1 Å². The molecule has 0 radical (unpaired) electrons. The minimum atomic E-state index is 1.01. The Morgan fingerprint density at radius 3 is 1.74 bits per heavy atom. The van der Waals surface area contributed by atoms with Crippen LogP contribution < -0.4 is 4.90 Å². The maximum Gasteiger partial charge on any atom is 0.0578 e. The Morgan fingerprint density at radius 1 is 0.400 bits per heavy atom. The van der Waals surface area contributed by atoms with Crippen LogP contribution in [0, 0.1) is 0 Å². The topological polar surface area (TPSA) is 3.24 Å². The van der Waals surface area contributed by atoms with Gasteiger partial charge in [0.25, 0.3) is 0 Å². The summed E-state index contributed by atoms with van der Waals surface area (Å²) in [5.74, 6) is 0. The molecule has 0 amide bonds. The highest BCUT2D eigenvalue weighted by molar-refractivity contribution is 6.01. The van der Waals surface area contributed by atoms with Gasteiger partial charge in [-0.2, -0.15) is 0 Å². The van der Waals surface area contributed by atoms with Crippen molar-refractivity contribution in [1.82, 2.24) is 0 Å². The van der Waals surface area contributed by atoms with Crippen LogP contribution in [0.5, 0.6) is 0 Å². The lowest BCUT2D eigenvalue weighted by Gasteiger charge is -2.41. The van der Waals surface area contributed by atoms with E-state index in [-0.39, 0.29) is 0 Å². The summed E-state index contributed by atoms with van der Waals surface area (Å²) in [7, 11) is 0. The monoisotopic (exact) mass is 445 g/mol. The van der Waals surface area contributed by atoms with E-state index in [9.17, 15) is 0 Å². The van der Waals surface area contributed by atoms with Crippen molar-refractivity contribution in [1.29, 1.82) is 0 Å². The molecule has 35 heavy (non-hydrogen) atoms. The lowest BCUT2D eigenvalue weighted by atomic mass is 9.82. The van der Waals surface area contributed by atoms with Crippen LogP contribution >= 0.6 is 0 Å². The van der Waals surface area contributed by atoms with E-state index in [1.807, 2.05) is 0 Å². The fourth-order valence-corrected chi connectivity index (χ4v) is 7.29. The number of nitrogens with zero attached hydrogens (tertiary/aromatic N) is 1. The van der Waals surface area contributed by atoms with Crippen molar-refractivity contribution in [2.75, 3.05) is 4.90 Å². The van der Waals surface area contributed by atoms with Gasteiger partial charge in [0.15, 0.2) is 0 Å². The van der Waals surface area contributed by atoms with Crippen LogP contribution in [0.15, 0.2) is 91.0 Å². The lowest BCUT2D eigenvalue weighted by molar-refractivity contribution is 1.01. The Labute approximate surface area is 205 Å². The number of para-hydroxylation sites is 1. The van der Waals surface area contributed by atoms with Crippen LogP contribution in [-0.2, 0) is 25.7 Å². The highest BCUT2D eigenvalue weighted by atomic mass is 15.2. The Balaban J connectivity index is 1.38. The minimum Gasteiger partial charge on any atom is -0.309 e. The van der Waals surface area contributed by atoms with E-state index in [4.69, 9.17) is 0 Å². The number of benzene rings is 5. The number of fused-ring (bicyclic) bond motifs is 12. The Morgan fingerprint density at radius 2 is 0.943 bits per heavy atom. The summed E-state index contributed by atoms with van der Waals surface area (Å²) in [6, 6.07) is 34.6. The first kappa shape index (κ1) is 18.3.